The fraction of sp³-hybridized carbons (Fsp3) is 0.571. The predicted molar refractivity (Wildman–Crippen MR) is 68.6 cm³/mol. The number of hydrogen-bond donors (Lipinski definition) is 1. The first-order chi connectivity index (χ1) is 8.62. The molecule has 0 aromatic heterocycles. The van der Waals surface area contributed by atoms with Crippen molar-refractivity contribution in [3.8, 4) is 17.2 Å². The Morgan fingerprint density at radius 1 is 1.11 bits per heavy atom. The van der Waals surface area contributed by atoms with E-state index in [1.54, 1.807) is 21.3 Å². The fourth-order valence-corrected chi connectivity index (χ4v) is 2.59. The summed E-state index contributed by atoms with van der Waals surface area (Å²) < 4.78 is 16.0. The SMILES string of the molecule is COc1cc(OC)c(C2(CO)CC2C)cc1OC. The van der Waals surface area contributed by atoms with Gasteiger partial charge in [0.25, 0.3) is 0 Å². The zero-order chi connectivity index (χ0) is 13.3. The molecule has 1 aromatic rings. The third-order valence-corrected chi connectivity index (χ3v) is 3.98. The minimum Gasteiger partial charge on any atom is -0.496 e. The molecule has 2 rings (SSSR count). The minimum absolute atomic E-state index is 0.125. The van der Waals surface area contributed by atoms with Crippen LogP contribution in [0.15, 0.2) is 12.1 Å². The Morgan fingerprint density at radius 2 is 1.61 bits per heavy atom. The van der Waals surface area contributed by atoms with Gasteiger partial charge in [0.15, 0.2) is 11.5 Å². The third-order valence-electron chi connectivity index (χ3n) is 3.98. The highest BCUT2D eigenvalue weighted by atomic mass is 16.5. The summed E-state index contributed by atoms with van der Waals surface area (Å²) in [5.74, 6) is 2.50. The van der Waals surface area contributed by atoms with E-state index in [1.807, 2.05) is 12.1 Å². The van der Waals surface area contributed by atoms with E-state index in [0.29, 0.717) is 17.4 Å². The van der Waals surface area contributed by atoms with Gasteiger partial charge < -0.3 is 19.3 Å². The Hall–Kier alpha value is -1.42. The zero-order valence-electron chi connectivity index (χ0n) is 11.3. The van der Waals surface area contributed by atoms with E-state index >= 15 is 0 Å². The van der Waals surface area contributed by atoms with Crippen LogP contribution in [0.1, 0.15) is 18.9 Å². The van der Waals surface area contributed by atoms with Crippen LogP contribution in [0.2, 0.25) is 0 Å². The molecule has 18 heavy (non-hydrogen) atoms. The average Bonchev–Trinajstić information content (AvgIpc) is 3.08. The summed E-state index contributed by atoms with van der Waals surface area (Å²) in [4.78, 5) is 0. The molecule has 0 saturated heterocycles. The van der Waals surface area contributed by atoms with Crippen molar-refractivity contribution in [3.63, 3.8) is 0 Å². The second kappa shape index (κ2) is 4.69. The summed E-state index contributed by atoms with van der Waals surface area (Å²) in [5.41, 5.74) is 0.808. The first-order valence-corrected chi connectivity index (χ1v) is 6.04. The van der Waals surface area contributed by atoms with E-state index in [4.69, 9.17) is 14.2 Å². The fourth-order valence-electron chi connectivity index (χ4n) is 2.59. The monoisotopic (exact) mass is 252 g/mol. The Labute approximate surface area is 107 Å². The molecule has 1 saturated carbocycles. The van der Waals surface area contributed by atoms with Gasteiger partial charge in [-0.05, 0) is 18.4 Å². The molecule has 2 unspecified atom stereocenters. The van der Waals surface area contributed by atoms with Crippen molar-refractivity contribution < 1.29 is 19.3 Å². The number of benzene rings is 1. The first-order valence-electron chi connectivity index (χ1n) is 6.04. The van der Waals surface area contributed by atoms with Crippen molar-refractivity contribution in [2.75, 3.05) is 27.9 Å². The van der Waals surface area contributed by atoms with Crippen molar-refractivity contribution in [1.82, 2.24) is 0 Å². The number of hydrogen-bond acceptors (Lipinski definition) is 4. The topological polar surface area (TPSA) is 47.9 Å². The molecule has 4 nitrogen and oxygen atoms in total. The molecular formula is C14H20O4. The van der Waals surface area contributed by atoms with Crippen molar-refractivity contribution >= 4 is 0 Å². The van der Waals surface area contributed by atoms with Gasteiger partial charge in [-0.15, -0.1) is 0 Å². The molecule has 0 spiro atoms. The lowest BCUT2D eigenvalue weighted by atomic mass is 9.93. The molecule has 4 heteroatoms. The lowest BCUT2D eigenvalue weighted by molar-refractivity contribution is 0.242. The zero-order valence-corrected chi connectivity index (χ0v) is 11.3. The van der Waals surface area contributed by atoms with Crippen LogP contribution in [0.4, 0.5) is 0 Å². The average molecular weight is 252 g/mol. The van der Waals surface area contributed by atoms with E-state index in [0.717, 1.165) is 17.7 Å². The van der Waals surface area contributed by atoms with E-state index in [1.165, 1.54) is 0 Å². The third kappa shape index (κ3) is 1.81. The molecule has 1 aromatic carbocycles. The Kier molecular flexibility index (Phi) is 3.39. The summed E-state index contributed by atoms with van der Waals surface area (Å²) >= 11 is 0. The maximum Gasteiger partial charge on any atom is 0.164 e. The van der Waals surface area contributed by atoms with Crippen LogP contribution in [-0.2, 0) is 5.41 Å². The Balaban J connectivity index is 2.53. The second-order valence-electron chi connectivity index (χ2n) is 4.83. The number of ether oxygens (including phenoxy) is 3. The summed E-state index contributed by atoms with van der Waals surface area (Å²) in [5, 5.41) is 9.66. The van der Waals surface area contributed by atoms with E-state index < -0.39 is 0 Å². The van der Waals surface area contributed by atoms with Gasteiger partial charge in [0, 0.05) is 17.0 Å². The van der Waals surface area contributed by atoms with Crippen molar-refractivity contribution in [3.05, 3.63) is 17.7 Å². The van der Waals surface area contributed by atoms with Crippen LogP contribution >= 0.6 is 0 Å². The molecule has 1 aliphatic rings. The molecule has 2 atom stereocenters. The van der Waals surface area contributed by atoms with Crippen LogP contribution in [0.25, 0.3) is 0 Å². The molecule has 0 amide bonds. The minimum atomic E-state index is -0.190. The summed E-state index contributed by atoms with van der Waals surface area (Å²) in [6.45, 7) is 2.26. The largest absolute Gasteiger partial charge is 0.496 e. The van der Waals surface area contributed by atoms with Gasteiger partial charge in [0.05, 0.1) is 27.9 Å². The van der Waals surface area contributed by atoms with E-state index in [2.05, 4.69) is 6.92 Å². The molecule has 1 fully saturated rings. The quantitative estimate of drug-likeness (QED) is 0.870. The summed E-state index contributed by atoms with van der Waals surface area (Å²) in [6, 6.07) is 3.73. The standard InChI is InChI=1S/C14H20O4/c1-9-7-14(9,8-15)10-5-12(17-3)13(18-4)6-11(10)16-2/h5-6,9,15H,7-8H2,1-4H3. The van der Waals surface area contributed by atoms with Crippen LogP contribution in [0.5, 0.6) is 17.2 Å². The lowest BCUT2D eigenvalue weighted by Gasteiger charge is -2.20. The molecule has 100 valence electrons. The van der Waals surface area contributed by atoms with Crippen molar-refractivity contribution in [2.45, 2.75) is 18.8 Å². The van der Waals surface area contributed by atoms with Gasteiger partial charge in [-0.3, -0.25) is 0 Å². The predicted octanol–water partition coefficient (Wildman–Crippen LogP) is 1.98. The smallest absolute Gasteiger partial charge is 0.164 e. The van der Waals surface area contributed by atoms with Crippen molar-refractivity contribution in [1.29, 1.82) is 0 Å². The van der Waals surface area contributed by atoms with Gasteiger partial charge >= 0.3 is 0 Å². The molecular weight excluding hydrogens is 232 g/mol. The van der Waals surface area contributed by atoms with E-state index in [-0.39, 0.29) is 12.0 Å². The highest BCUT2D eigenvalue weighted by Gasteiger charge is 2.53. The maximum atomic E-state index is 9.66. The maximum absolute atomic E-state index is 9.66. The molecule has 1 aliphatic carbocycles. The van der Waals surface area contributed by atoms with Crippen LogP contribution < -0.4 is 14.2 Å². The van der Waals surface area contributed by atoms with Crippen LogP contribution in [0, 0.1) is 5.92 Å². The van der Waals surface area contributed by atoms with E-state index in [9.17, 15) is 5.11 Å². The van der Waals surface area contributed by atoms with Gasteiger partial charge in [-0.2, -0.15) is 0 Å². The number of rotatable bonds is 5. The van der Waals surface area contributed by atoms with Crippen molar-refractivity contribution in [2.24, 2.45) is 5.92 Å². The first kappa shape index (κ1) is 13.0. The number of aliphatic hydroxyl groups excluding tert-OH is 1. The van der Waals surface area contributed by atoms with Crippen LogP contribution in [-0.4, -0.2) is 33.0 Å². The summed E-state index contributed by atoms with van der Waals surface area (Å²) in [6.07, 6.45) is 0.968. The summed E-state index contributed by atoms with van der Waals surface area (Å²) in [7, 11) is 4.83. The highest BCUT2D eigenvalue weighted by molar-refractivity contribution is 5.55. The van der Waals surface area contributed by atoms with Gasteiger partial charge in [-0.1, -0.05) is 6.92 Å². The second-order valence-corrected chi connectivity index (χ2v) is 4.83. The number of methoxy groups -OCH3 is 3. The molecule has 1 N–H and O–H groups in total. The van der Waals surface area contributed by atoms with Crippen LogP contribution in [0.3, 0.4) is 0 Å². The Morgan fingerprint density at radius 3 is 2.00 bits per heavy atom. The lowest BCUT2D eigenvalue weighted by Crippen LogP contribution is -2.16. The highest BCUT2D eigenvalue weighted by Crippen LogP contribution is 2.57. The molecule has 0 radical (unpaired) electrons. The normalized spacial score (nSPS) is 25.7. The molecule has 0 heterocycles. The molecule has 0 aliphatic heterocycles. The van der Waals surface area contributed by atoms with Gasteiger partial charge in [-0.25, -0.2) is 0 Å². The molecule has 0 bridgehead atoms. The Bertz CT molecular complexity index is 440. The van der Waals surface area contributed by atoms with Gasteiger partial charge in [0.2, 0.25) is 0 Å². The number of aliphatic hydroxyl groups is 1. The van der Waals surface area contributed by atoms with Gasteiger partial charge in [0.1, 0.15) is 5.75 Å².